The van der Waals surface area contributed by atoms with E-state index in [1.54, 1.807) is 0 Å². The molecule has 0 N–H and O–H groups in total. The number of carbonyl (C=O) groups is 1. The molecule has 2 aliphatic rings. The molecule has 0 saturated heterocycles. The quantitative estimate of drug-likeness (QED) is 0.629. The van der Waals surface area contributed by atoms with Gasteiger partial charge in [0.2, 0.25) is 0 Å². The summed E-state index contributed by atoms with van der Waals surface area (Å²) in [5, 5.41) is 9.17. The van der Waals surface area contributed by atoms with Crippen LogP contribution in [-0.2, 0) is 9.53 Å². The van der Waals surface area contributed by atoms with Gasteiger partial charge >= 0.3 is 5.97 Å². The summed E-state index contributed by atoms with van der Waals surface area (Å²) in [5.74, 6) is 1.17. The molecule has 0 radical (unpaired) electrons. The zero-order chi connectivity index (χ0) is 10.2. The SMILES string of the molecule is COC(=O)CC1(C#N)C[C@H]2CC[C@H]2C1. The fraction of sp³-hybridized carbons (Fsp3) is 0.818. The lowest BCUT2D eigenvalue weighted by molar-refractivity contribution is -0.142. The Morgan fingerprint density at radius 1 is 1.50 bits per heavy atom. The summed E-state index contributed by atoms with van der Waals surface area (Å²) in [5.41, 5.74) is -0.404. The third kappa shape index (κ3) is 1.39. The number of ether oxygens (including phenoxy) is 1. The maximum absolute atomic E-state index is 11.2. The normalized spacial score (nSPS) is 39.4. The topological polar surface area (TPSA) is 50.1 Å². The molecule has 0 spiro atoms. The lowest BCUT2D eigenvalue weighted by atomic mass is 9.77. The van der Waals surface area contributed by atoms with E-state index in [9.17, 15) is 4.79 Å². The Kier molecular flexibility index (Phi) is 2.22. The van der Waals surface area contributed by atoms with Crippen LogP contribution in [0.25, 0.3) is 0 Å². The van der Waals surface area contributed by atoms with Gasteiger partial charge in [0.25, 0.3) is 0 Å². The second kappa shape index (κ2) is 3.27. The van der Waals surface area contributed by atoms with Crippen LogP contribution in [0.3, 0.4) is 0 Å². The van der Waals surface area contributed by atoms with Crippen LogP contribution < -0.4 is 0 Å². The predicted octanol–water partition coefficient (Wildman–Crippen LogP) is 1.88. The number of esters is 1. The summed E-state index contributed by atoms with van der Waals surface area (Å²) >= 11 is 0. The van der Waals surface area contributed by atoms with Crippen molar-refractivity contribution in [3.63, 3.8) is 0 Å². The summed E-state index contributed by atoms with van der Waals surface area (Å²) in [6.07, 6.45) is 4.59. The molecule has 76 valence electrons. The molecule has 1 unspecified atom stereocenters. The Bertz CT molecular complexity index is 280. The number of nitrogens with zero attached hydrogens (tertiary/aromatic N) is 1. The average molecular weight is 193 g/mol. The molecule has 3 heteroatoms. The van der Waals surface area contributed by atoms with Gasteiger partial charge in [0.05, 0.1) is 25.0 Å². The molecule has 14 heavy (non-hydrogen) atoms. The number of methoxy groups -OCH3 is 1. The summed E-state index contributed by atoms with van der Waals surface area (Å²) < 4.78 is 4.64. The van der Waals surface area contributed by atoms with Crippen molar-refractivity contribution in [1.29, 1.82) is 5.26 Å². The summed E-state index contributed by atoms with van der Waals surface area (Å²) in [6.45, 7) is 0. The van der Waals surface area contributed by atoms with Crippen molar-refractivity contribution in [2.45, 2.75) is 32.1 Å². The first-order chi connectivity index (χ1) is 6.69. The first-order valence-corrected chi connectivity index (χ1v) is 5.17. The monoisotopic (exact) mass is 193 g/mol. The molecule has 0 heterocycles. The maximum atomic E-state index is 11.2. The van der Waals surface area contributed by atoms with E-state index in [1.807, 2.05) is 0 Å². The van der Waals surface area contributed by atoms with Gasteiger partial charge in [-0.2, -0.15) is 5.26 Å². The van der Waals surface area contributed by atoms with Crippen molar-refractivity contribution in [3.8, 4) is 6.07 Å². The van der Waals surface area contributed by atoms with Gasteiger partial charge in [0, 0.05) is 0 Å². The molecule has 3 atom stereocenters. The van der Waals surface area contributed by atoms with Gasteiger partial charge in [-0.1, -0.05) is 0 Å². The Morgan fingerprint density at radius 3 is 2.43 bits per heavy atom. The van der Waals surface area contributed by atoms with E-state index < -0.39 is 5.41 Å². The van der Waals surface area contributed by atoms with E-state index in [-0.39, 0.29) is 12.4 Å². The Hall–Kier alpha value is -1.04. The lowest BCUT2D eigenvalue weighted by Crippen LogP contribution is -2.20. The molecule has 0 aromatic rings. The van der Waals surface area contributed by atoms with Crippen LogP contribution in [0.5, 0.6) is 0 Å². The van der Waals surface area contributed by atoms with Crippen LogP contribution in [-0.4, -0.2) is 13.1 Å². The minimum Gasteiger partial charge on any atom is -0.469 e. The van der Waals surface area contributed by atoms with Gasteiger partial charge < -0.3 is 4.74 Å². The molecule has 2 fully saturated rings. The van der Waals surface area contributed by atoms with Gasteiger partial charge in [-0.05, 0) is 37.5 Å². The highest BCUT2D eigenvalue weighted by Gasteiger charge is 2.50. The van der Waals surface area contributed by atoms with Crippen LogP contribution in [0.1, 0.15) is 32.1 Å². The minimum absolute atomic E-state index is 0.243. The lowest BCUT2D eigenvalue weighted by Gasteiger charge is -2.29. The van der Waals surface area contributed by atoms with E-state index in [1.165, 1.54) is 20.0 Å². The van der Waals surface area contributed by atoms with Crippen molar-refractivity contribution < 1.29 is 9.53 Å². The number of hydrogen-bond acceptors (Lipinski definition) is 3. The van der Waals surface area contributed by atoms with E-state index in [0.717, 1.165) is 12.8 Å². The number of nitriles is 1. The van der Waals surface area contributed by atoms with Crippen molar-refractivity contribution >= 4 is 5.97 Å². The molecule has 0 aliphatic heterocycles. The Labute approximate surface area is 84.0 Å². The van der Waals surface area contributed by atoms with Crippen molar-refractivity contribution in [2.24, 2.45) is 17.3 Å². The standard InChI is InChI=1S/C11H15NO2/c1-14-10(13)6-11(7-12)4-8-2-3-9(8)5-11/h8-9H,2-6H2,1H3/t8-,9+,11?. The van der Waals surface area contributed by atoms with E-state index in [0.29, 0.717) is 11.8 Å². The molecule has 2 saturated carbocycles. The molecule has 0 aromatic heterocycles. The van der Waals surface area contributed by atoms with Crippen molar-refractivity contribution in [2.75, 3.05) is 7.11 Å². The molecule has 2 rings (SSSR count). The van der Waals surface area contributed by atoms with Crippen LogP contribution in [0.4, 0.5) is 0 Å². The van der Waals surface area contributed by atoms with Crippen LogP contribution in [0, 0.1) is 28.6 Å². The fourth-order valence-electron chi connectivity index (χ4n) is 2.89. The highest BCUT2D eigenvalue weighted by atomic mass is 16.5. The Balaban J connectivity index is 2.04. The van der Waals surface area contributed by atoms with Crippen LogP contribution in [0.2, 0.25) is 0 Å². The second-order valence-corrected chi connectivity index (χ2v) is 4.65. The molecular weight excluding hydrogens is 178 g/mol. The number of hydrogen-bond donors (Lipinski definition) is 0. The highest BCUT2D eigenvalue weighted by molar-refractivity contribution is 5.70. The number of rotatable bonds is 2. The molecular formula is C11H15NO2. The predicted molar refractivity (Wildman–Crippen MR) is 50.1 cm³/mol. The molecule has 2 aliphatic carbocycles. The highest BCUT2D eigenvalue weighted by Crippen LogP contribution is 2.56. The third-order valence-electron chi connectivity index (χ3n) is 3.83. The van der Waals surface area contributed by atoms with E-state index in [2.05, 4.69) is 10.8 Å². The smallest absolute Gasteiger partial charge is 0.307 e. The molecule has 0 bridgehead atoms. The van der Waals surface area contributed by atoms with Gasteiger partial charge in [-0.15, -0.1) is 0 Å². The molecule has 0 amide bonds. The Morgan fingerprint density at radius 2 is 2.07 bits per heavy atom. The number of fused-ring (bicyclic) bond motifs is 1. The van der Waals surface area contributed by atoms with Crippen molar-refractivity contribution in [1.82, 2.24) is 0 Å². The van der Waals surface area contributed by atoms with Crippen molar-refractivity contribution in [3.05, 3.63) is 0 Å². The fourth-order valence-corrected chi connectivity index (χ4v) is 2.89. The largest absolute Gasteiger partial charge is 0.469 e. The van der Waals surface area contributed by atoms with E-state index >= 15 is 0 Å². The summed E-state index contributed by atoms with van der Waals surface area (Å²) in [7, 11) is 1.39. The molecule has 0 aromatic carbocycles. The van der Waals surface area contributed by atoms with Gasteiger partial charge in [0.1, 0.15) is 0 Å². The average Bonchev–Trinajstić information content (AvgIpc) is 2.42. The molecule has 3 nitrogen and oxygen atoms in total. The maximum Gasteiger partial charge on any atom is 0.307 e. The zero-order valence-electron chi connectivity index (χ0n) is 8.45. The first kappa shape index (κ1) is 9.51. The first-order valence-electron chi connectivity index (χ1n) is 5.17. The van der Waals surface area contributed by atoms with Gasteiger partial charge in [-0.25, -0.2) is 0 Å². The van der Waals surface area contributed by atoms with Crippen LogP contribution in [0.15, 0.2) is 0 Å². The zero-order valence-corrected chi connectivity index (χ0v) is 8.45. The van der Waals surface area contributed by atoms with Gasteiger partial charge in [0.15, 0.2) is 0 Å². The van der Waals surface area contributed by atoms with E-state index in [4.69, 9.17) is 5.26 Å². The van der Waals surface area contributed by atoms with Crippen LogP contribution >= 0.6 is 0 Å². The summed E-state index contributed by atoms with van der Waals surface area (Å²) in [4.78, 5) is 11.2. The summed E-state index contributed by atoms with van der Waals surface area (Å²) in [6, 6.07) is 2.34. The number of carbonyl (C=O) groups excluding carboxylic acids is 1. The van der Waals surface area contributed by atoms with Gasteiger partial charge in [-0.3, -0.25) is 4.79 Å². The third-order valence-corrected chi connectivity index (χ3v) is 3.83. The second-order valence-electron chi connectivity index (χ2n) is 4.65. The minimum atomic E-state index is -0.404.